The van der Waals surface area contributed by atoms with Crippen molar-refractivity contribution in [2.75, 3.05) is 9.80 Å². The Morgan fingerprint density at radius 3 is 1.61 bits per heavy atom. The quantitative estimate of drug-likeness (QED) is 0.162. The second-order valence-corrected chi connectivity index (χ2v) is 27.7. The molecule has 0 bridgehead atoms. The minimum Gasteiger partial charge on any atom is -0.468 e. The van der Waals surface area contributed by atoms with Crippen LogP contribution in [-0.4, -0.2) is 6.71 Å². The van der Waals surface area contributed by atoms with Crippen molar-refractivity contribution in [2.24, 2.45) is 0 Å². The van der Waals surface area contributed by atoms with Crippen LogP contribution in [0.2, 0.25) is 0 Å². The number of para-hydroxylation sites is 2. The molecule has 0 unspecified atom stereocenters. The average Bonchev–Trinajstić information content (AvgIpc) is 3.88. The molecule has 0 saturated heterocycles. The highest BCUT2D eigenvalue weighted by Crippen LogP contribution is 2.56. The Morgan fingerprint density at radius 1 is 0.437 bits per heavy atom. The molecule has 5 heteroatoms. The summed E-state index contributed by atoms with van der Waals surface area (Å²) in [5.41, 5.74) is 23.6. The first-order chi connectivity index (χ1) is 33.3. The summed E-state index contributed by atoms with van der Waals surface area (Å²) in [5, 5.41) is 3.49. The smallest absolute Gasteiger partial charge is 0.297 e. The number of hydrogen-bond acceptors (Lipinski definition) is 4. The second-order valence-electron chi connectivity index (χ2n) is 27.7. The predicted octanol–water partition coefficient (Wildman–Crippen LogP) is 16.8. The van der Waals surface area contributed by atoms with Gasteiger partial charge in [-0.2, -0.15) is 0 Å². The van der Waals surface area contributed by atoms with Crippen LogP contribution in [0.4, 0.5) is 34.1 Å². The van der Waals surface area contributed by atoms with Crippen LogP contribution in [0.1, 0.15) is 181 Å². The number of hydrogen-bond donors (Lipinski definition) is 0. The topological polar surface area (TPSA) is 32.8 Å². The van der Waals surface area contributed by atoms with Gasteiger partial charge in [-0.05, 0) is 181 Å². The number of nitrogens with zero attached hydrogens (tertiary/aromatic N) is 2. The Balaban J connectivity index is 1.21. The van der Waals surface area contributed by atoms with Gasteiger partial charge < -0.3 is 18.6 Å². The van der Waals surface area contributed by atoms with E-state index >= 15 is 0 Å². The third kappa shape index (κ3) is 6.29. The van der Waals surface area contributed by atoms with Crippen LogP contribution in [0.5, 0.6) is 0 Å². The van der Waals surface area contributed by atoms with E-state index in [1.54, 1.807) is 0 Å². The molecule has 6 aromatic carbocycles. The van der Waals surface area contributed by atoms with Gasteiger partial charge in [0.2, 0.25) is 0 Å². The van der Waals surface area contributed by atoms with E-state index in [2.05, 4.69) is 211 Å². The SMILES string of the molecule is CC(C)(C)c1cc2c3c(c1)N(c1cccc4c1oc1ccccc14)c1cc4c(cc1B3c1oc3cc5c(cc3c1N2c1ccc2c(c1)C(C)(C)CCC2(C)C)C(C)(C)CCC5(C)C)C(C)(C)CCC4(C)C. The maximum atomic E-state index is 7.77. The first kappa shape index (κ1) is 45.2. The minimum absolute atomic E-state index is 0.00000228. The van der Waals surface area contributed by atoms with Gasteiger partial charge in [0.25, 0.3) is 6.71 Å². The summed E-state index contributed by atoms with van der Waals surface area (Å²) in [4.78, 5) is 5.27. The van der Waals surface area contributed by atoms with Gasteiger partial charge in [-0.15, -0.1) is 0 Å². The summed E-state index contributed by atoms with van der Waals surface area (Å²) >= 11 is 0. The highest BCUT2D eigenvalue weighted by Gasteiger charge is 2.51. The molecular weight excluding hydrogens is 864 g/mol. The molecule has 2 aliphatic heterocycles. The van der Waals surface area contributed by atoms with E-state index in [1.165, 1.54) is 90.1 Å². The van der Waals surface area contributed by atoms with Crippen LogP contribution in [-0.2, 0) is 37.9 Å². The van der Waals surface area contributed by atoms with Crippen molar-refractivity contribution in [1.82, 2.24) is 0 Å². The Bertz CT molecular complexity index is 3620. The van der Waals surface area contributed by atoms with E-state index < -0.39 is 0 Å². The molecule has 8 aromatic rings. The number of fused-ring (bicyclic) bond motifs is 12. The van der Waals surface area contributed by atoms with E-state index in [0.29, 0.717) is 0 Å². The first-order valence-corrected chi connectivity index (χ1v) is 26.9. The van der Waals surface area contributed by atoms with Gasteiger partial charge in [0.1, 0.15) is 11.2 Å². The van der Waals surface area contributed by atoms with E-state index in [1.807, 2.05) is 0 Å². The lowest BCUT2D eigenvalue weighted by molar-refractivity contribution is 0.332. The first-order valence-electron chi connectivity index (χ1n) is 26.9. The molecule has 13 rings (SSSR count). The maximum absolute atomic E-state index is 7.77. The Labute approximate surface area is 423 Å². The lowest BCUT2D eigenvalue weighted by atomic mass is 9.35. The second kappa shape index (κ2) is 14.1. The summed E-state index contributed by atoms with van der Waals surface area (Å²) in [6.45, 7) is 36.5. The van der Waals surface area contributed by atoms with Gasteiger partial charge in [-0.3, -0.25) is 0 Å². The van der Waals surface area contributed by atoms with Gasteiger partial charge >= 0.3 is 0 Å². The molecule has 2 aromatic heterocycles. The van der Waals surface area contributed by atoms with Crippen LogP contribution < -0.4 is 26.4 Å². The fourth-order valence-electron chi connectivity index (χ4n) is 14.2. The van der Waals surface area contributed by atoms with Gasteiger partial charge in [0, 0.05) is 38.9 Å². The molecule has 0 amide bonds. The fraction of sp³-hybridized carbons (Fsp3) is 0.424. The summed E-state index contributed by atoms with van der Waals surface area (Å²) in [6.07, 6.45) is 6.91. The lowest BCUT2D eigenvalue weighted by Gasteiger charge is -2.47. The van der Waals surface area contributed by atoms with Crippen LogP contribution >= 0.6 is 0 Å². The van der Waals surface area contributed by atoms with Crippen LogP contribution in [0.15, 0.2) is 106 Å². The molecule has 5 aliphatic rings. The molecule has 0 saturated carbocycles. The van der Waals surface area contributed by atoms with Crippen molar-refractivity contribution in [2.45, 2.75) is 180 Å². The predicted molar refractivity (Wildman–Crippen MR) is 302 cm³/mol. The standard InChI is InChI=1S/C66H73BN2O2/c1-60(2,3)38-31-52-56-53(32-38)69(50-21-18-20-41-40-19-16-17-22-54(40)70-58(41)50)51-36-47-46(64(10,11)28-29-65(47,12)13)35-49(51)67(56)59-57(42-34-45-48(37-55(42)71-59)66(14,15)30-27-63(45,8)9)68(52)39-23-24-43-44(33-39)62(6,7)26-25-61(43,4)5/h16-24,31-37H,25-30H2,1-15H3. The third-order valence-electron chi connectivity index (χ3n) is 19.2. The molecular formula is C66H73BN2O2. The zero-order valence-corrected chi connectivity index (χ0v) is 45.3. The monoisotopic (exact) mass is 937 g/mol. The highest BCUT2D eigenvalue weighted by atomic mass is 16.3. The van der Waals surface area contributed by atoms with Crippen LogP contribution in [0.25, 0.3) is 32.9 Å². The van der Waals surface area contributed by atoms with E-state index in [-0.39, 0.29) is 44.6 Å². The number of benzene rings is 6. The molecule has 0 fully saturated rings. The zero-order chi connectivity index (χ0) is 49.9. The number of rotatable bonds is 2. The highest BCUT2D eigenvalue weighted by molar-refractivity contribution is 7.00. The largest absolute Gasteiger partial charge is 0.468 e. The lowest BCUT2D eigenvalue weighted by Crippen LogP contribution is -2.61. The van der Waals surface area contributed by atoms with Crippen molar-refractivity contribution in [3.8, 4) is 0 Å². The third-order valence-corrected chi connectivity index (χ3v) is 19.2. The normalized spacial score (nSPS) is 20.6. The number of furan rings is 2. The van der Waals surface area contributed by atoms with Crippen LogP contribution in [0, 0.1) is 0 Å². The molecule has 71 heavy (non-hydrogen) atoms. The molecule has 4 nitrogen and oxygen atoms in total. The van der Waals surface area contributed by atoms with Gasteiger partial charge in [0.15, 0.2) is 5.58 Å². The van der Waals surface area contributed by atoms with Gasteiger partial charge in [0.05, 0.1) is 17.0 Å². The summed E-state index contributed by atoms with van der Waals surface area (Å²) in [6, 6.07) is 38.2. The van der Waals surface area contributed by atoms with Crippen molar-refractivity contribution in [3.05, 3.63) is 136 Å². The molecule has 4 heterocycles. The Kier molecular flexibility index (Phi) is 8.97. The summed E-state index contributed by atoms with van der Waals surface area (Å²) < 4.78 is 14.8. The van der Waals surface area contributed by atoms with E-state index in [9.17, 15) is 0 Å². The zero-order valence-electron chi connectivity index (χ0n) is 45.3. The minimum atomic E-state index is -0.166. The molecule has 362 valence electrons. The van der Waals surface area contributed by atoms with Crippen molar-refractivity contribution < 1.29 is 8.83 Å². The van der Waals surface area contributed by atoms with Crippen molar-refractivity contribution in [1.29, 1.82) is 0 Å². The Hall–Kier alpha value is -5.68. The summed E-state index contributed by atoms with van der Waals surface area (Å²) in [5.74, 6) is 0. The maximum Gasteiger partial charge on any atom is 0.297 e. The molecule has 3 aliphatic carbocycles. The Morgan fingerprint density at radius 2 is 0.972 bits per heavy atom. The molecule has 0 spiro atoms. The van der Waals surface area contributed by atoms with Crippen molar-refractivity contribution >= 4 is 90.3 Å². The molecule has 0 radical (unpaired) electrons. The van der Waals surface area contributed by atoms with E-state index in [0.717, 1.165) is 71.0 Å². The van der Waals surface area contributed by atoms with E-state index in [4.69, 9.17) is 8.83 Å². The average molecular weight is 937 g/mol. The van der Waals surface area contributed by atoms with Gasteiger partial charge in [-0.1, -0.05) is 146 Å². The van der Waals surface area contributed by atoms with Gasteiger partial charge in [-0.25, -0.2) is 0 Å². The number of anilines is 6. The summed E-state index contributed by atoms with van der Waals surface area (Å²) in [7, 11) is 0. The van der Waals surface area contributed by atoms with Crippen molar-refractivity contribution in [3.63, 3.8) is 0 Å². The fourth-order valence-corrected chi connectivity index (χ4v) is 14.2. The molecule has 0 N–H and O–H groups in total. The molecule has 0 atom stereocenters. The van der Waals surface area contributed by atoms with Crippen LogP contribution in [0.3, 0.4) is 0 Å².